The maximum absolute atomic E-state index is 13.0. The number of carbonyl (C=O) groups is 1. The molecule has 0 spiro atoms. The Kier molecular flexibility index (Phi) is 5.00. The maximum atomic E-state index is 13.0. The van der Waals surface area contributed by atoms with Gasteiger partial charge in [-0.05, 0) is 57.0 Å². The zero-order valence-electron chi connectivity index (χ0n) is 16.3. The molecular weight excluding hydrogens is 370 g/mol. The highest BCUT2D eigenvalue weighted by Crippen LogP contribution is 2.33. The molecule has 0 aliphatic carbocycles. The van der Waals surface area contributed by atoms with Gasteiger partial charge in [0.25, 0.3) is 5.91 Å². The average molecular weight is 394 g/mol. The summed E-state index contributed by atoms with van der Waals surface area (Å²) >= 11 is 1.43. The number of thiophene rings is 1. The summed E-state index contributed by atoms with van der Waals surface area (Å²) in [6, 6.07) is 7.83. The molecular formula is C21H23N5OS. The van der Waals surface area contributed by atoms with Crippen molar-refractivity contribution in [3.05, 3.63) is 64.7 Å². The van der Waals surface area contributed by atoms with Crippen LogP contribution in [-0.4, -0.2) is 31.8 Å². The van der Waals surface area contributed by atoms with Crippen LogP contribution in [0, 0.1) is 13.8 Å². The fourth-order valence-electron chi connectivity index (χ4n) is 3.60. The number of aryl methyl sites for hydroxylation is 2. The quantitative estimate of drug-likeness (QED) is 0.540. The molecule has 1 N–H and O–H groups in total. The Bertz CT molecular complexity index is 1120. The summed E-state index contributed by atoms with van der Waals surface area (Å²) in [4.78, 5) is 19.0. The first-order valence-corrected chi connectivity index (χ1v) is 10.2. The van der Waals surface area contributed by atoms with E-state index in [2.05, 4.69) is 29.2 Å². The van der Waals surface area contributed by atoms with Crippen LogP contribution in [0.5, 0.6) is 0 Å². The third-order valence-electron chi connectivity index (χ3n) is 5.00. The summed E-state index contributed by atoms with van der Waals surface area (Å²) in [6.07, 6.45) is 6.44. The molecule has 144 valence electrons. The van der Waals surface area contributed by atoms with Gasteiger partial charge in [0, 0.05) is 42.8 Å². The fraction of sp³-hybridized carbons (Fsp3) is 0.286. The maximum Gasteiger partial charge on any atom is 0.263 e. The SMILES string of the molecule is CCn1nc(C)c(CCNC(=O)c2sc3ncccc3c2-n2cccc2)c1C. The summed E-state index contributed by atoms with van der Waals surface area (Å²) in [6.45, 7) is 7.63. The van der Waals surface area contributed by atoms with Gasteiger partial charge in [-0.15, -0.1) is 11.3 Å². The van der Waals surface area contributed by atoms with E-state index in [9.17, 15) is 4.79 Å². The second-order valence-electron chi connectivity index (χ2n) is 6.70. The number of nitrogens with zero attached hydrogens (tertiary/aromatic N) is 4. The molecule has 1 amide bonds. The summed E-state index contributed by atoms with van der Waals surface area (Å²) in [5, 5.41) is 8.63. The molecule has 6 nitrogen and oxygen atoms in total. The van der Waals surface area contributed by atoms with Crippen molar-refractivity contribution in [3.63, 3.8) is 0 Å². The largest absolute Gasteiger partial charge is 0.351 e. The van der Waals surface area contributed by atoms with Crippen LogP contribution < -0.4 is 5.32 Å². The van der Waals surface area contributed by atoms with Gasteiger partial charge in [0.1, 0.15) is 9.71 Å². The summed E-state index contributed by atoms with van der Waals surface area (Å²) in [7, 11) is 0. The molecule has 28 heavy (non-hydrogen) atoms. The van der Waals surface area contributed by atoms with Gasteiger partial charge in [-0.25, -0.2) is 4.98 Å². The number of fused-ring (bicyclic) bond motifs is 1. The number of aromatic nitrogens is 4. The van der Waals surface area contributed by atoms with Crippen molar-refractivity contribution in [2.45, 2.75) is 33.7 Å². The van der Waals surface area contributed by atoms with E-state index >= 15 is 0 Å². The lowest BCUT2D eigenvalue weighted by Gasteiger charge is -2.08. The second-order valence-corrected chi connectivity index (χ2v) is 7.70. The van der Waals surface area contributed by atoms with Crippen molar-refractivity contribution in [3.8, 4) is 5.69 Å². The molecule has 0 saturated heterocycles. The van der Waals surface area contributed by atoms with E-state index in [0.29, 0.717) is 11.4 Å². The standard InChI is InChI=1S/C21H23N5OS/c1-4-26-15(3)16(14(2)24-26)9-11-22-20(27)19-18(25-12-5-6-13-25)17-8-7-10-23-21(17)28-19/h5-8,10,12-13H,4,9,11H2,1-3H3,(H,22,27). The number of nitrogens with one attached hydrogen (secondary N) is 1. The van der Waals surface area contributed by atoms with Gasteiger partial charge in [-0.3, -0.25) is 9.48 Å². The topological polar surface area (TPSA) is 64.7 Å². The van der Waals surface area contributed by atoms with Gasteiger partial charge < -0.3 is 9.88 Å². The van der Waals surface area contributed by atoms with Gasteiger partial charge in [0.2, 0.25) is 0 Å². The summed E-state index contributed by atoms with van der Waals surface area (Å²) < 4.78 is 3.99. The van der Waals surface area contributed by atoms with Crippen molar-refractivity contribution < 1.29 is 4.79 Å². The number of rotatable bonds is 6. The minimum absolute atomic E-state index is 0.0649. The second kappa shape index (κ2) is 7.59. The molecule has 0 radical (unpaired) electrons. The van der Waals surface area contributed by atoms with Crippen molar-refractivity contribution in [1.82, 2.24) is 24.6 Å². The van der Waals surface area contributed by atoms with Crippen LogP contribution >= 0.6 is 11.3 Å². The smallest absolute Gasteiger partial charge is 0.263 e. The third-order valence-corrected chi connectivity index (χ3v) is 6.10. The van der Waals surface area contributed by atoms with E-state index in [-0.39, 0.29) is 5.91 Å². The van der Waals surface area contributed by atoms with Crippen LogP contribution in [0.15, 0.2) is 42.9 Å². The summed E-state index contributed by atoms with van der Waals surface area (Å²) in [5.41, 5.74) is 4.31. The van der Waals surface area contributed by atoms with Gasteiger partial charge in [0.15, 0.2) is 0 Å². The molecule has 0 atom stereocenters. The Morgan fingerprint density at radius 2 is 2.00 bits per heavy atom. The normalized spacial score (nSPS) is 11.2. The minimum atomic E-state index is -0.0649. The number of hydrogen-bond acceptors (Lipinski definition) is 4. The van der Waals surface area contributed by atoms with E-state index in [1.54, 1.807) is 6.20 Å². The molecule has 4 aromatic rings. The van der Waals surface area contributed by atoms with Gasteiger partial charge in [-0.1, -0.05) is 0 Å². The summed E-state index contributed by atoms with van der Waals surface area (Å²) in [5.74, 6) is -0.0649. The van der Waals surface area contributed by atoms with Crippen LogP contribution in [0.1, 0.15) is 33.5 Å². The Balaban J connectivity index is 1.57. The average Bonchev–Trinajstić information content (AvgIpc) is 3.40. The number of amides is 1. The predicted molar refractivity (Wildman–Crippen MR) is 112 cm³/mol. The number of hydrogen-bond donors (Lipinski definition) is 1. The van der Waals surface area contributed by atoms with Crippen molar-refractivity contribution in [2.75, 3.05) is 6.54 Å². The molecule has 0 aliphatic heterocycles. The van der Waals surface area contributed by atoms with E-state index in [1.165, 1.54) is 22.6 Å². The lowest BCUT2D eigenvalue weighted by Crippen LogP contribution is -2.26. The highest BCUT2D eigenvalue weighted by molar-refractivity contribution is 7.21. The van der Waals surface area contributed by atoms with Crippen LogP contribution in [0.4, 0.5) is 0 Å². The van der Waals surface area contributed by atoms with Gasteiger partial charge in [-0.2, -0.15) is 5.10 Å². The van der Waals surface area contributed by atoms with E-state index in [1.807, 2.05) is 52.8 Å². The first-order valence-electron chi connectivity index (χ1n) is 9.42. The molecule has 0 bridgehead atoms. The first-order chi connectivity index (χ1) is 13.6. The molecule has 0 aromatic carbocycles. The molecule has 0 fully saturated rings. The number of carbonyl (C=O) groups excluding carboxylic acids is 1. The minimum Gasteiger partial charge on any atom is -0.351 e. The monoisotopic (exact) mass is 393 g/mol. The van der Waals surface area contributed by atoms with Crippen LogP contribution in [0.3, 0.4) is 0 Å². The predicted octanol–water partition coefficient (Wildman–Crippen LogP) is 3.89. The fourth-order valence-corrected chi connectivity index (χ4v) is 4.66. The Morgan fingerprint density at radius 3 is 2.71 bits per heavy atom. The van der Waals surface area contributed by atoms with Crippen LogP contribution in [-0.2, 0) is 13.0 Å². The zero-order valence-corrected chi connectivity index (χ0v) is 17.1. The molecule has 0 saturated carbocycles. The van der Waals surface area contributed by atoms with E-state index in [0.717, 1.165) is 34.6 Å². The van der Waals surface area contributed by atoms with Gasteiger partial charge >= 0.3 is 0 Å². The van der Waals surface area contributed by atoms with Crippen molar-refractivity contribution >= 4 is 27.5 Å². The highest BCUT2D eigenvalue weighted by atomic mass is 32.1. The van der Waals surface area contributed by atoms with Crippen LogP contribution in [0.2, 0.25) is 0 Å². The molecule has 4 aromatic heterocycles. The van der Waals surface area contributed by atoms with E-state index < -0.39 is 0 Å². The third kappa shape index (κ3) is 3.22. The molecule has 0 aliphatic rings. The first kappa shape index (κ1) is 18.4. The number of pyridine rings is 1. The Labute approximate surface area is 167 Å². The zero-order chi connectivity index (χ0) is 19.7. The lowest BCUT2D eigenvalue weighted by atomic mass is 10.1. The van der Waals surface area contributed by atoms with Crippen molar-refractivity contribution in [1.29, 1.82) is 0 Å². The van der Waals surface area contributed by atoms with Crippen molar-refractivity contribution in [2.24, 2.45) is 0 Å². The lowest BCUT2D eigenvalue weighted by molar-refractivity contribution is 0.0958. The Morgan fingerprint density at radius 1 is 1.21 bits per heavy atom. The molecule has 4 rings (SSSR count). The molecule has 0 unspecified atom stereocenters. The molecule has 4 heterocycles. The highest BCUT2D eigenvalue weighted by Gasteiger charge is 2.20. The Hall–Kier alpha value is -2.93. The molecule has 7 heteroatoms. The van der Waals surface area contributed by atoms with Gasteiger partial charge in [0.05, 0.1) is 11.4 Å². The van der Waals surface area contributed by atoms with Crippen LogP contribution in [0.25, 0.3) is 15.9 Å². The van der Waals surface area contributed by atoms with E-state index in [4.69, 9.17) is 0 Å².